The Balaban J connectivity index is 2.50. The maximum Gasteiger partial charge on any atom is 0.137 e. The fraction of sp³-hybridized carbons (Fsp3) is 0.300. The van der Waals surface area contributed by atoms with E-state index in [2.05, 4.69) is 9.88 Å². The summed E-state index contributed by atoms with van der Waals surface area (Å²) >= 11 is 0. The van der Waals surface area contributed by atoms with Gasteiger partial charge in [-0.2, -0.15) is 0 Å². The van der Waals surface area contributed by atoms with Crippen LogP contribution in [-0.2, 0) is 6.54 Å². The number of nitrogens with zero attached hydrogens (tertiary/aromatic N) is 3. The third kappa shape index (κ3) is 1.56. The monoisotopic (exact) mass is 190 g/mol. The highest BCUT2D eigenvalue weighted by Gasteiger charge is 2.03. The number of anilines is 1. The molecule has 0 saturated heterocycles. The molecule has 74 valence electrons. The van der Waals surface area contributed by atoms with Crippen LogP contribution >= 0.6 is 0 Å². The van der Waals surface area contributed by atoms with Gasteiger partial charge in [0.15, 0.2) is 0 Å². The number of hydrogen-bond donors (Lipinski definition) is 1. The summed E-state index contributed by atoms with van der Waals surface area (Å²) in [5.41, 5.74) is 8.57. The van der Waals surface area contributed by atoms with E-state index < -0.39 is 0 Å². The van der Waals surface area contributed by atoms with E-state index in [0.29, 0.717) is 0 Å². The van der Waals surface area contributed by atoms with Gasteiger partial charge >= 0.3 is 0 Å². The summed E-state index contributed by atoms with van der Waals surface area (Å²) in [6, 6.07) is 3.79. The molecule has 0 fully saturated rings. The molecule has 14 heavy (non-hydrogen) atoms. The van der Waals surface area contributed by atoms with Crippen LogP contribution in [0.15, 0.2) is 24.5 Å². The van der Waals surface area contributed by atoms with Crippen LogP contribution in [0.25, 0.3) is 5.65 Å². The van der Waals surface area contributed by atoms with Gasteiger partial charge in [-0.25, -0.2) is 4.98 Å². The lowest BCUT2D eigenvalue weighted by atomic mass is 10.4. The van der Waals surface area contributed by atoms with Gasteiger partial charge in [-0.15, -0.1) is 0 Å². The summed E-state index contributed by atoms with van der Waals surface area (Å²) in [6.45, 7) is 0.866. The molecule has 0 unspecified atom stereocenters. The molecule has 0 saturated carbocycles. The van der Waals surface area contributed by atoms with Crippen molar-refractivity contribution in [1.29, 1.82) is 0 Å². The second-order valence-corrected chi connectivity index (χ2v) is 3.68. The zero-order valence-electron chi connectivity index (χ0n) is 8.44. The highest BCUT2D eigenvalue weighted by atomic mass is 15.1. The molecule has 0 amide bonds. The molecule has 0 aliphatic carbocycles. The summed E-state index contributed by atoms with van der Waals surface area (Å²) in [5, 5.41) is 0. The van der Waals surface area contributed by atoms with Gasteiger partial charge in [0.25, 0.3) is 0 Å². The van der Waals surface area contributed by atoms with Gasteiger partial charge in [0.05, 0.1) is 11.9 Å². The Morgan fingerprint density at radius 3 is 2.93 bits per heavy atom. The van der Waals surface area contributed by atoms with Crippen molar-refractivity contribution in [2.75, 3.05) is 19.8 Å². The summed E-state index contributed by atoms with van der Waals surface area (Å²) < 4.78 is 2.02. The summed E-state index contributed by atoms with van der Waals surface area (Å²) in [7, 11) is 4.07. The first kappa shape index (κ1) is 9.02. The number of imidazole rings is 1. The molecular weight excluding hydrogens is 176 g/mol. The van der Waals surface area contributed by atoms with Crippen LogP contribution in [0.5, 0.6) is 0 Å². The molecule has 2 aromatic heterocycles. The normalized spacial score (nSPS) is 11.4. The molecule has 0 aliphatic rings. The first-order valence-electron chi connectivity index (χ1n) is 4.53. The number of rotatable bonds is 2. The highest BCUT2D eigenvalue weighted by molar-refractivity contribution is 5.48. The molecule has 0 aromatic carbocycles. The Bertz CT molecular complexity index is 444. The van der Waals surface area contributed by atoms with Crippen LogP contribution < -0.4 is 5.73 Å². The molecule has 2 N–H and O–H groups in total. The summed E-state index contributed by atoms with van der Waals surface area (Å²) in [6.07, 6.45) is 3.79. The van der Waals surface area contributed by atoms with E-state index in [4.69, 9.17) is 5.73 Å². The van der Waals surface area contributed by atoms with E-state index in [1.165, 1.54) is 0 Å². The quantitative estimate of drug-likeness (QED) is 0.767. The fourth-order valence-electron chi connectivity index (χ4n) is 1.49. The molecule has 0 spiro atoms. The van der Waals surface area contributed by atoms with Crippen LogP contribution in [0.2, 0.25) is 0 Å². The summed E-state index contributed by atoms with van der Waals surface area (Å²) in [5.74, 6) is 0. The van der Waals surface area contributed by atoms with Crippen molar-refractivity contribution in [2.45, 2.75) is 6.54 Å². The minimum atomic E-state index is 0.760. The lowest BCUT2D eigenvalue weighted by Crippen LogP contribution is -2.12. The van der Waals surface area contributed by atoms with Gasteiger partial charge < -0.3 is 15.0 Å². The van der Waals surface area contributed by atoms with Crippen molar-refractivity contribution >= 4 is 11.3 Å². The molecule has 0 bridgehead atoms. The Labute approximate surface area is 83.0 Å². The average molecular weight is 190 g/mol. The highest BCUT2D eigenvalue weighted by Crippen LogP contribution is 2.11. The van der Waals surface area contributed by atoms with Crippen LogP contribution in [0.1, 0.15) is 5.69 Å². The van der Waals surface area contributed by atoms with E-state index in [1.54, 1.807) is 0 Å². The molecular formula is C10H14N4. The Kier molecular flexibility index (Phi) is 2.13. The molecule has 2 heterocycles. The van der Waals surface area contributed by atoms with Gasteiger partial charge in [-0.3, -0.25) is 0 Å². The van der Waals surface area contributed by atoms with Crippen LogP contribution in [0.3, 0.4) is 0 Å². The molecule has 0 atom stereocenters. The fourth-order valence-corrected chi connectivity index (χ4v) is 1.49. The maximum atomic E-state index is 5.72. The molecule has 2 rings (SSSR count). The van der Waals surface area contributed by atoms with E-state index >= 15 is 0 Å². The molecule has 4 nitrogen and oxygen atoms in total. The van der Waals surface area contributed by atoms with Crippen molar-refractivity contribution in [3.63, 3.8) is 0 Å². The third-order valence-corrected chi connectivity index (χ3v) is 2.08. The van der Waals surface area contributed by atoms with E-state index in [1.807, 2.05) is 43.0 Å². The smallest absolute Gasteiger partial charge is 0.137 e. The second-order valence-electron chi connectivity index (χ2n) is 3.68. The van der Waals surface area contributed by atoms with Crippen molar-refractivity contribution in [1.82, 2.24) is 14.3 Å². The van der Waals surface area contributed by atoms with Gasteiger partial charge in [-0.1, -0.05) is 0 Å². The first-order chi connectivity index (χ1) is 6.66. The van der Waals surface area contributed by atoms with E-state index in [-0.39, 0.29) is 0 Å². The Morgan fingerprint density at radius 1 is 1.43 bits per heavy atom. The molecule has 2 aromatic rings. The molecule has 0 radical (unpaired) electrons. The van der Waals surface area contributed by atoms with E-state index in [0.717, 1.165) is 23.6 Å². The predicted octanol–water partition coefficient (Wildman–Crippen LogP) is 0.978. The van der Waals surface area contributed by atoms with Crippen LogP contribution in [-0.4, -0.2) is 28.4 Å². The Morgan fingerprint density at radius 2 is 2.21 bits per heavy atom. The number of pyridine rings is 1. The average Bonchev–Trinajstić information content (AvgIpc) is 2.47. The molecule has 0 aliphatic heterocycles. The number of nitrogen functional groups attached to an aromatic ring is 1. The number of nitrogens with two attached hydrogens (primary N) is 1. The topological polar surface area (TPSA) is 46.6 Å². The van der Waals surface area contributed by atoms with Crippen LogP contribution in [0.4, 0.5) is 5.69 Å². The van der Waals surface area contributed by atoms with Crippen molar-refractivity contribution in [3.05, 3.63) is 30.2 Å². The second kappa shape index (κ2) is 3.31. The first-order valence-corrected chi connectivity index (χ1v) is 4.53. The predicted molar refractivity (Wildman–Crippen MR) is 57.0 cm³/mol. The van der Waals surface area contributed by atoms with Crippen molar-refractivity contribution < 1.29 is 0 Å². The van der Waals surface area contributed by atoms with Gasteiger partial charge in [0.1, 0.15) is 5.65 Å². The maximum absolute atomic E-state index is 5.72. The van der Waals surface area contributed by atoms with Gasteiger partial charge in [-0.05, 0) is 26.2 Å². The standard InChI is InChI=1S/C10H14N4/c1-13(2)7-9-5-12-10-4-3-8(11)6-14(9)10/h3-6H,7,11H2,1-2H3. The zero-order chi connectivity index (χ0) is 10.1. The lowest BCUT2D eigenvalue weighted by Gasteiger charge is -2.08. The third-order valence-electron chi connectivity index (χ3n) is 2.08. The minimum absolute atomic E-state index is 0.760. The SMILES string of the molecule is CN(C)Cc1cnc2ccc(N)cn12. The largest absolute Gasteiger partial charge is 0.398 e. The van der Waals surface area contributed by atoms with E-state index in [9.17, 15) is 0 Å². The van der Waals surface area contributed by atoms with Crippen LogP contribution in [0, 0.1) is 0 Å². The number of fused-ring (bicyclic) bond motifs is 1. The number of hydrogen-bond acceptors (Lipinski definition) is 3. The zero-order valence-corrected chi connectivity index (χ0v) is 8.44. The lowest BCUT2D eigenvalue weighted by molar-refractivity contribution is 0.395. The minimum Gasteiger partial charge on any atom is -0.398 e. The van der Waals surface area contributed by atoms with Crippen molar-refractivity contribution in [3.8, 4) is 0 Å². The molecule has 4 heteroatoms. The number of aromatic nitrogens is 2. The van der Waals surface area contributed by atoms with Crippen molar-refractivity contribution in [2.24, 2.45) is 0 Å². The Hall–Kier alpha value is -1.55. The van der Waals surface area contributed by atoms with Gasteiger partial charge in [0.2, 0.25) is 0 Å². The van der Waals surface area contributed by atoms with Gasteiger partial charge in [0, 0.05) is 18.4 Å². The summed E-state index contributed by atoms with van der Waals surface area (Å²) in [4.78, 5) is 6.40.